The summed E-state index contributed by atoms with van der Waals surface area (Å²) in [6.45, 7) is 6.81. The lowest BCUT2D eigenvalue weighted by Gasteiger charge is -2.37. The number of nitrogens with zero attached hydrogens (tertiary/aromatic N) is 5. The molecular weight excluding hydrogens is 525 g/mol. The molecule has 0 aliphatic carbocycles. The number of rotatable bonds is 6. The Morgan fingerprint density at radius 1 is 1.03 bits per heavy atom. The van der Waals surface area contributed by atoms with E-state index in [1.807, 2.05) is 23.6 Å². The summed E-state index contributed by atoms with van der Waals surface area (Å²) in [6, 6.07) is 11.2. The Kier molecular flexibility index (Phi) is 6.72. The van der Waals surface area contributed by atoms with Gasteiger partial charge >= 0.3 is 5.97 Å². The number of hydrogen-bond acceptors (Lipinski definition) is 6. The zero-order valence-electron chi connectivity index (χ0n) is 19.8. The van der Waals surface area contributed by atoms with Crippen molar-refractivity contribution in [3.63, 3.8) is 0 Å². The summed E-state index contributed by atoms with van der Waals surface area (Å²) < 4.78 is 30.6. The molecule has 0 saturated carbocycles. The molecule has 188 valence electrons. The van der Waals surface area contributed by atoms with E-state index in [2.05, 4.69) is 15.2 Å². The number of aryl methyl sites for hydroxylation is 1. The van der Waals surface area contributed by atoms with E-state index in [0.717, 1.165) is 27.6 Å². The van der Waals surface area contributed by atoms with Gasteiger partial charge < -0.3 is 5.11 Å². The summed E-state index contributed by atoms with van der Waals surface area (Å²) in [6.07, 6.45) is 1.79. The number of anilines is 1. The molecule has 0 aliphatic rings. The molecule has 4 aromatic rings. The number of carbonyl (C=O) groups is 1. The molecule has 36 heavy (non-hydrogen) atoms. The summed E-state index contributed by atoms with van der Waals surface area (Å²) in [4.78, 5) is 16.0. The zero-order chi connectivity index (χ0) is 26.4. The molecule has 3 aromatic heterocycles. The highest BCUT2D eigenvalue weighted by Gasteiger charge is 2.43. The van der Waals surface area contributed by atoms with Crippen LogP contribution < -0.4 is 4.31 Å². The molecule has 4 rings (SSSR count). The summed E-state index contributed by atoms with van der Waals surface area (Å²) in [5, 5.41) is 18.9. The van der Waals surface area contributed by atoms with Crippen molar-refractivity contribution in [3.05, 3.63) is 70.7 Å². The number of aliphatic carboxylic acids is 1. The lowest BCUT2D eigenvalue weighted by Crippen LogP contribution is -2.52. The van der Waals surface area contributed by atoms with Crippen molar-refractivity contribution in [1.29, 1.82) is 0 Å². The summed E-state index contributed by atoms with van der Waals surface area (Å²) in [5.41, 5.74) is 0.711. The number of carboxylic acid groups (broad SMARTS) is 1. The van der Waals surface area contributed by atoms with Crippen LogP contribution in [0.25, 0.3) is 16.7 Å². The number of carboxylic acids is 1. The zero-order valence-corrected chi connectivity index (χ0v) is 22.2. The Balaban J connectivity index is 1.93. The highest BCUT2D eigenvalue weighted by Crippen LogP contribution is 2.37. The quantitative estimate of drug-likeness (QED) is 0.332. The Morgan fingerprint density at radius 3 is 2.25 bits per heavy atom. The fourth-order valence-electron chi connectivity index (χ4n) is 3.94. The number of aromatic nitrogens is 4. The van der Waals surface area contributed by atoms with E-state index in [0.29, 0.717) is 11.2 Å². The maximum Gasteiger partial charge on any atom is 0.328 e. The van der Waals surface area contributed by atoms with Gasteiger partial charge in [-0.05, 0) is 60.9 Å². The molecule has 0 aliphatic heterocycles. The predicted molar refractivity (Wildman–Crippen MR) is 138 cm³/mol. The van der Waals surface area contributed by atoms with Crippen LogP contribution in [0.4, 0.5) is 5.69 Å². The number of benzene rings is 1. The Morgan fingerprint density at radius 2 is 1.69 bits per heavy atom. The molecule has 0 amide bonds. The van der Waals surface area contributed by atoms with Gasteiger partial charge in [0.2, 0.25) is 0 Å². The molecule has 0 fully saturated rings. The first-order valence-electron chi connectivity index (χ1n) is 10.8. The van der Waals surface area contributed by atoms with Gasteiger partial charge in [0.1, 0.15) is 16.3 Å². The molecule has 12 heteroatoms. The van der Waals surface area contributed by atoms with Crippen LogP contribution in [0.15, 0.2) is 59.6 Å². The molecule has 1 atom stereocenters. The van der Waals surface area contributed by atoms with Gasteiger partial charge in [-0.15, -0.1) is 5.10 Å². The second-order valence-electron chi connectivity index (χ2n) is 9.32. The number of halogens is 2. The van der Waals surface area contributed by atoms with Gasteiger partial charge in [-0.3, -0.25) is 8.87 Å². The second kappa shape index (κ2) is 9.34. The summed E-state index contributed by atoms with van der Waals surface area (Å²) in [7, 11) is -4.43. The average Bonchev–Trinajstić information content (AvgIpc) is 3.19. The number of hydrogen-bond donors (Lipinski definition) is 1. The minimum Gasteiger partial charge on any atom is -0.480 e. The van der Waals surface area contributed by atoms with Crippen LogP contribution in [-0.4, -0.2) is 45.3 Å². The van der Waals surface area contributed by atoms with E-state index in [1.165, 1.54) is 0 Å². The van der Waals surface area contributed by atoms with Crippen molar-refractivity contribution in [1.82, 2.24) is 19.7 Å². The standard InChI is InChI=1S/C24H23Cl2N5O4S/c1-14-5-8-21(29-28-14)30-10-9-15-11-16(6-7-18(15)30)31(22(23(32)33)24(2,3)4)36(34,35)17-12-19(25)27-20(26)13-17/h5-13,22H,1-4H3,(H,32,33). The minimum absolute atomic E-state index is 0.129. The number of fused-ring (bicyclic) bond motifs is 1. The van der Waals surface area contributed by atoms with Crippen molar-refractivity contribution in [2.75, 3.05) is 4.31 Å². The van der Waals surface area contributed by atoms with Gasteiger partial charge in [0.15, 0.2) is 5.82 Å². The van der Waals surface area contributed by atoms with Crippen LogP contribution in [0, 0.1) is 12.3 Å². The van der Waals surface area contributed by atoms with E-state index in [9.17, 15) is 18.3 Å². The van der Waals surface area contributed by atoms with Crippen LogP contribution in [0.5, 0.6) is 0 Å². The van der Waals surface area contributed by atoms with Crippen molar-refractivity contribution >= 4 is 55.8 Å². The smallest absolute Gasteiger partial charge is 0.328 e. The SMILES string of the molecule is Cc1ccc(-n2ccc3cc(N(C(C(=O)O)C(C)(C)C)S(=O)(=O)c4cc(Cl)nc(Cl)c4)ccc32)nn1. The Hall–Kier alpha value is -3.21. The van der Waals surface area contributed by atoms with E-state index >= 15 is 0 Å². The highest BCUT2D eigenvalue weighted by atomic mass is 35.5. The molecular formula is C24H23Cl2N5O4S. The largest absolute Gasteiger partial charge is 0.480 e. The van der Waals surface area contributed by atoms with Crippen molar-refractivity contribution < 1.29 is 18.3 Å². The number of sulfonamides is 1. The minimum atomic E-state index is -4.43. The first kappa shape index (κ1) is 25.9. The van der Waals surface area contributed by atoms with Crippen molar-refractivity contribution in [3.8, 4) is 5.82 Å². The van der Waals surface area contributed by atoms with Crippen LogP contribution in [0.1, 0.15) is 26.5 Å². The van der Waals surface area contributed by atoms with Crippen LogP contribution in [-0.2, 0) is 14.8 Å². The van der Waals surface area contributed by atoms with Crippen LogP contribution >= 0.6 is 23.2 Å². The first-order valence-corrected chi connectivity index (χ1v) is 13.0. The predicted octanol–water partition coefficient (Wildman–Crippen LogP) is 5.13. The van der Waals surface area contributed by atoms with Crippen molar-refractivity contribution in [2.24, 2.45) is 5.41 Å². The fourth-order valence-corrected chi connectivity index (χ4v) is 6.35. The van der Waals surface area contributed by atoms with Gasteiger partial charge in [-0.1, -0.05) is 44.0 Å². The third-order valence-corrected chi connectivity index (χ3v) is 7.70. The molecule has 0 spiro atoms. The van der Waals surface area contributed by atoms with E-state index < -0.39 is 27.4 Å². The normalized spacial score (nSPS) is 13.1. The van der Waals surface area contributed by atoms with Crippen molar-refractivity contribution in [2.45, 2.75) is 38.6 Å². The summed E-state index contributed by atoms with van der Waals surface area (Å²) in [5.74, 6) is -0.711. The lowest BCUT2D eigenvalue weighted by atomic mass is 9.86. The molecule has 0 radical (unpaired) electrons. The van der Waals surface area contributed by atoms with Gasteiger partial charge in [-0.2, -0.15) is 5.10 Å². The first-order chi connectivity index (χ1) is 16.8. The molecule has 9 nitrogen and oxygen atoms in total. The van der Waals surface area contributed by atoms with Gasteiger partial charge in [0.05, 0.1) is 21.8 Å². The van der Waals surface area contributed by atoms with Gasteiger partial charge in [0.25, 0.3) is 10.0 Å². The molecule has 3 heterocycles. The fraction of sp³-hybridized carbons (Fsp3) is 0.250. The molecule has 0 saturated heterocycles. The third kappa shape index (κ3) is 4.88. The van der Waals surface area contributed by atoms with Gasteiger partial charge in [-0.25, -0.2) is 18.2 Å². The Labute approximate surface area is 218 Å². The topological polar surface area (TPSA) is 118 Å². The van der Waals surface area contributed by atoms with Crippen LogP contribution in [0.2, 0.25) is 10.3 Å². The average molecular weight is 548 g/mol. The maximum absolute atomic E-state index is 13.9. The number of pyridine rings is 1. The van der Waals surface area contributed by atoms with Crippen LogP contribution in [0.3, 0.4) is 0 Å². The monoisotopic (exact) mass is 547 g/mol. The Bertz CT molecular complexity index is 1540. The molecule has 1 aromatic carbocycles. The summed E-state index contributed by atoms with van der Waals surface area (Å²) >= 11 is 12.0. The molecule has 1 unspecified atom stereocenters. The second-order valence-corrected chi connectivity index (χ2v) is 11.9. The maximum atomic E-state index is 13.9. The lowest BCUT2D eigenvalue weighted by molar-refractivity contribution is -0.140. The van der Waals surface area contributed by atoms with Gasteiger partial charge in [0, 0.05) is 11.6 Å². The van der Waals surface area contributed by atoms with E-state index in [-0.39, 0.29) is 20.9 Å². The van der Waals surface area contributed by atoms with E-state index in [1.54, 1.807) is 51.2 Å². The molecule has 1 N–H and O–H groups in total. The third-order valence-electron chi connectivity index (χ3n) is 5.54. The molecule has 0 bridgehead atoms. The van der Waals surface area contributed by atoms with E-state index in [4.69, 9.17) is 23.2 Å². The highest BCUT2D eigenvalue weighted by molar-refractivity contribution is 7.93.